The van der Waals surface area contributed by atoms with Gasteiger partial charge in [-0.1, -0.05) is 6.07 Å². The minimum Gasteiger partial charge on any atom is -0.392 e. The number of likely N-dealkylation sites (N-methyl/N-ethyl adjacent to an activating group) is 1. The van der Waals surface area contributed by atoms with Crippen molar-refractivity contribution in [3.63, 3.8) is 0 Å². The molecule has 2 aromatic heterocycles. The Kier molecular flexibility index (Phi) is 3.34. The van der Waals surface area contributed by atoms with Gasteiger partial charge in [0, 0.05) is 25.5 Å². The Morgan fingerprint density at radius 1 is 1.56 bits per heavy atom. The molecule has 1 N–H and O–H groups in total. The van der Waals surface area contributed by atoms with Crippen molar-refractivity contribution >= 4 is 11.6 Å². The van der Waals surface area contributed by atoms with Crippen LogP contribution in [0.15, 0.2) is 24.4 Å². The van der Waals surface area contributed by atoms with Gasteiger partial charge < -0.3 is 14.4 Å². The second kappa shape index (κ2) is 4.78. The predicted molar refractivity (Wildman–Crippen MR) is 68.6 cm³/mol. The van der Waals surface area contributed by atoms with Crippen LogP contribution >= 0.6 is 0 Å². The molecule has 0 saturated heterocycles. The molecule has 1 unspecified atom stereocenters. The fourth-order valence-corrected chi connectivity index (χ4v) is 1.93. The summed E-state index contributed by atoms with van der Waals surface area (Å²) in [4.78, 5) is 17.9. The maximum atomic E-state index is 12.1. The number of aryl methyl sites for hydroxylation is 1. The van der Waals surface area contributed by atoms with Crippen LogP contribution in [-0.4, -0.2) is 45.0 Å². The average molecular weight is 247 g/mol. The minimum absolute atomic E-state index is 0.181. The summed E-state index contributed by atoms with van der Waals surface area (Å²) in [5.74, 6) is -0.181. The highest BCUT2D eigenvalue weighted by Gasteiger charge is 2.16. The highest BCUT2D eigenvalue weighted by atomic mass is 16.3. The first kappa shape index (κ1) is 12.6. The number of hydrogen-bond acceptors (Lipinski definition) is 3. The molecule has 0 fully saturated rings. The van der Waals surface area contributed by atoms with Crippen LogP contribution in [0.1, 0.15) is 23.1 Å². The number of nitrogens with zero attached hydrogens (tertiary/aromatic N) is 3. The summed E-state index contributed by atoms with van der Waals surface area (Å²) in [6.45, 7) is 3.91. The fourth-order valence-electron chi connectivity index (χ4n) is 1.93. The van der Waals surface area contributed by atoms with Crippen LogP contribution in [0.5, 0.6) is 0 Å². The van der Waals surface area contributed by atoms with E-state index in [0.717, 1.165) is 11.3 Å². The number of carbonyl (C=O) groups excluding carboxylic acids is 1. The molecule has 0 aliphatic rings. The molecule has 0 spiro atoms. The first-order chi connectivity index (χ1) is 8.49. The van der Waals surface area contributed by atoms with Crippen molar-refractivity contribution < 1.29 is 9.90 Å². The molecular weight excluding hydrogens is 230 g/mol. The first-order valence-electron chi connectivity index (χ1n) is 5.87. The smallest absolute Gasteiger partial charge is 0.273 e. The van der Waals surface area contributed by atoms with Crippen LogP contribution in [0.2, 0.25) is 0 Å². The maximum absolute atomic E-state index is 12.1. The molecule has 1 amide bonds. The van der Waals surface area contributed by atoms with Gasteiger partial charge in [0.2, 0.25) is 0 Å². The Hall–Kier alpha value is -1.88. The molecule has 2 aromatic rings. The number of rotatable bonds is 3. The molecule has 0 radical (unpaired) electrons. The third-order valence-corrected chi connectivity index (χ3v) is 2.80. The van der Waals surface area contributed by atoms with E-state index in [0.29, 0.717) is 12.2 Å². The molecule has 18 heavy (non-hydrogen) atoms. The zero-order valence-electron chi connectivity index (χ0n) is 10.8. The summed E-state index contributed by atoms with van der Waals surface area (Å²) in [7, 11) is 1.66. The largest absolute Gasteiger partial charge is 0.392 e. The van der Waals surface area contributed by atoms with Gasteiger partial charge in [0.25, 0.3) is 5.91 Å². The quantitative estimate of drug-likeness (QED) is 0.883. The monoisotopic (exact) mass is 247 g/mol. The van der Waals surface area contributed by atoms with Gasteiger partial charge in [-0.15, -0.1) is 0 Å². The molecule has 0 aliphatic heterocycles. The van der Waals surface area contributed by atoms with Crippen molar-refractivity contribution in [2.75, 3.05) is 13.6 Å². The van der Waals surface area contributed by atoms with E-state index in [4.69, 9.17) is 0 Å². The standard InChI is InChI=1S/C13H17N3O2/c1-9-5-4-6-12-14-11(8-16(9)12)13(18)15(3)7-10(2)17/h4-6,8,10,17H,7H2,1-3H3. The van der Waals surface area contributed by atoms with Gasteiger partial charge in [-0.05, 0) is 26.0 Å². The van der Waals surface area contributed by atoms with Crippen LogP contribution in [0, 0.1) is 6.92 Å². The van der Waals surface area contributed by atoms with Gasteiger partial charge in [0.1, 0.15) is 11.3 Å². The second-order valence-electron chi connectivity index (χ2n) is 4.56. The van der Waals surface area contributed by atoms with E-state index in [2.05, 4.69) is 4.98 Å². The van der Waals surface area contributed by atoms with Gasteiger partial charge in [0.15, 0.2) is 0 Å². The number of aliphatic hydroxyl groups excluding tert-OH is 1. The molecule has 0 bridgehead atoms. The number of pyridine rings is 1. The fraction of sp³-hybridized carbons (Fsp3) is 0.385. The van der Waals surface area contributed by atoms with E-state index in [1.165, 1.54) is 4.90 Å². The Balaban J connectivity index is 2.31. The molecule has 2 heterocycles. The number of hydrogen-bond donors (Lipinski definition) is 1. The highest BCUT2D eigenvalue weighted by Crippen LogP contribution is 2.10. The summed E-state index contributed by atoms with van der Waals surface area (Å²) in [5.41, 5.74) is 2.17. The lowest BCUT2D eigenvalue weighted by molar-refractivity contribution is 0.0699. The van der Waals surface area contributed by atoms with E-state index in [9.17, 15) is 9.90 Å². The number of carbonyl (C=O) groups is 1. The Morgan fingerprint density at radius 3 is 2.89 bits per heavy atom. The topological polar surface area (TPSA) is 57.8 Å². The van der Waals surface area contributed by atoms with Gasteiger partial charge in [-0.3, -0.25) is 4.79 Å². The number of aromatic nitrogens is 2. The number of aliphatic hydroxyl groups is 1. The van der Waals surface area contributed by atoms with Crippen LogP contribution in [0.25, 0.3) is 5.65 Å². The molecular formula is C13H17N3O2. The van der Waals surface area contributed by atoms with Gasteiger partial charge in [-0.2, -0.15) is 0 Å². The zero-order valence-corrected chi connectivity index (χ0v) is 10.8. The summed E-state index contributed by atoms with van der Waals surface area (Å²) in [6.07, 6.45) is 1.18. The third-order valence-electron chi connectivity index (χ3n) is 2.80. The lowest BCUT2D eigenvalue weighted by Gasteiger charge is -2.17. The molecule has 0 aliphatic carbocycles. The SMILES string of the molecule is Cc1cccc2nc(C(=O)N(C)CC(C)O)cn12. The molecule has 0 saturated carbocycles. The van der Waals surface area contributed by atoms with Crippen molar-refractivity contribution in [3.8, 4) is 0 Å². The molecule has 5 nitrogen and oxygen atoms in total. The van der Waals surface area contributed by atoms with E-state index < -0.39 is 6.10 Å². The summed E-state index contributed by atoms with van der Waals surface area (Å²) < 4.78 is 1.88. The maximum Gasteiger partial charge on any atom is 0.273 e. The van der Waals surface area contributed by atoms with Crippen molar-refractivity contribution in [2.24, 2.45) is 0 Å². The van der Waals surface area contributed by atoms with Crippen LogP contribution in [0.3, 0.4) is 0 Å². The average Bonchev–Trinajstić information content (AvgIpc) is 2.72. The number of amides is 1. The Bertz CT molecular complexity index is 575. The lowest BCUT2D eigenvalue weighted by Crippen LogP contribution is -2.33. The van der Waals surface area contributed by atoms with Crippen LogP contribution in [-0.2, 0) is 0 Å². The third kappa shape index (κ3) is 2.36. The highest BCUT2D eigenvalue weighted by molar-refractivity contribution is 5.92. The molecule has 2 rings (SSSR count). The zero-order chi connectivity index (χ0) is 13.3. The molecule has 0 aromatic carbocycles. The van der Waals surface area contributed by atoms with Crippen molar-refractivity contribution in [2.45, 2.75) is 20.0 Å². The van der Waals surface area contributed by atoms with E-state index in [1.807, 2.05) is 29.5 Å². The second-order valence-corrected chi connectivity index (χ2v) is 4.56. The van der Waals surface area contributed by atoms with E-state index in [-0.39, 0.29) is 5.91 Å². The minimum atomic E-state index is -0.544. The number of fused-ring (bicyclic) bond motifs is 1. The first-order valence-corrected chi connectivity index (χ1v) is 5.87. The number of imidazole rings is 1. The van der Waals surface area contributed by atoms with Crippen molar-refractivity contribution in [1.82, 2.24) is 14.3 Å². The van der Waals surface area contributed by atoms with E-state index in [1.54, 1.807) is 20.2 Å². The predicted octanol–water partition coefficient (Wildman–Crippen LogP) is 1.10. The summed E-state index contributed by atoms with van der Waals surface area (Å²) in [6, 6.07) is 5.73. The van der Waals surface area contributed by atoms with Gasteiger partial charge in [0.05, 0.1) is 6.10 Å². The molecule has 96 valence electrons. The van der Waals surface area contributed by atoms with Crippen molar-refractivity contribution in [3.05, 3.63) is 35.8 Å². The van der Waals surface area contributed by atoms with E-state index >= 15 is 0 Å². The Morgan fingerprint density at radius 2 is 2.28 bits per heavy atom. The summed E-state index contributed by atoms with van der Waals surface area (Å²) >= 11 is 0. The molecule has 5 heteroatoms. The molecule has 1 atom stereocenters. The van der Waals surface area contributed by atoms with Gasteiger partial charge >= 0.3 is 0 Å². The normalized spacial score (nSPS) is 12.7. The van der Waals surface area contributed by atoms with Crippen LogP contribution < -0.4 is 0 Å². The summed E-state index contributed by atoms with van der Waals surface area (Å²) in [5, 5.41) is 9.28. The van der Waals surface area contributed by atoms with Crippen LogP contribution in [0.4, 0.5) is 0 Å². The van der Waals surface area contributed by atoms with Crippen molar-refractivity contribution in [1.29, 1.82) is 0 Å². The lowest BCUT2D eigenvalue weighted by atomic mass is 10.3. The van der Waals surface area contributed by atoms with Gasteiger partial charge in [-0.25, -0.2) is 4.98 Å². The Labute approximate surface area is 106 Å².